The van der Waals surface area contributed by atoms with Crippen molar-refractivity contribution in [3.8, 4) is 10.4 Å². The van der Waals surface area contributed by atoms with Gasteiger partial charge in [0, 0.05) is 37.0 Å². The quantitative estimate of drug-likeness (QED) is 0.922. The lowest BCUT2D eigenvalue weighted by atomic mass is 10.1. The summed E-state index contributed by atoms with van der Waals surface area (Å²) in [5.74, 6) is -0.144. The van der Waals surface area contributed by atoms with Crippen LogP contribution in [0, 0.1) is 0 Å². The van der Waals surface area contributed by atoms with E-state index in [2.05, 4.69) is 11.4 Å². The third-order valence-electron chi connectivity index (χ3n) is 3.68. The van der Waals surface area contributed by atoms with Crippen molar-refractivity contribution in [3.05, 3.63) is 47.3 Å². The molecule has 1 aromatic carbocycles. The standard InChI is InChI=1S/C17H20N2O2S/c1-12(11-16(20)18-2)19(3)17(21)14-8-6-13(7-9-14)15-5-4-10-22-15/h4-10,12H,11H2,1-3H3,(H,18,20)/t12-/m1/s1. The molecule has 4 nitrogen and oxygen atoms in total. The van der Waals surface area contributed by atoms with Gasteiger partial charge in [-0.15, -0.1) is 11.3 Å². The van der Waals surface area contributed by atoms with Gasteiger partial charge in [0.25, 0.3) is 5.91 Å². The number of amides is 2. The highest BCUT2D eigenvalue weighted by Crippen LogP contribution is 2.25. The zero-order chi connectivity index (χ0) is 16.1. The number of thiophene rings is 1. The van der Waals surface area contributed by atoms with Gasteiger partial charge in [0.15, 0.2) is 0 Å². The first-order valence-corrected chi connectivity index (χ1v) is 8.02. The van der Waals surface area contributed by atoms with E-state index in [9.17, 15) is 9.59 Å². The van der Waals surface area contributed by atoms with Crippen molar-refractivity contribution >= 4 is 23.2 Å². The van der Waals surface area contributed by atoms with E-state index < -0.39 is 0 Å². The first-order chi connectivity index (χ1) is 10.5. The summed E-state index contributed by atoms with van der Waals surface area (Å²) in [6.45, 7) is 1.87. The van der Waals surface area contributed by atoms with Gasteiger partial charge in [-0.2, -0.15) is 0 Å². The van der Waals surface area contributed by atoms with Gasteiger partial charge in [-0.05, 0) is 36.1 Å². The van der Waals surface area contributed by atoms with E-state index >= 15 is 0 Å². The minimum Gasteiger partial charge on any atom is -0.359 e. The van der Waals surface area contributed by atoms with Gasteiger partial charge >= 0.3 is 0 Å². The first kappa shape index (κ1) is 16.2. The highest BCUT2D eigenvalue weighted by Gasteiger charge is 2.19. The Bertz CT molecular complexity index is 635. The molecule has 0 bridgehead atoms. The highest BCUT2D eigenvalue weighted by molar-refractivity contribution is 7.13. The molecule has 5 heteroatoms. The molecule has 1 aromatic heterocycles. The molecule has 0 saturated heterocycles. The summed E-state index contributed by atoms with van der Waals surface area (Å²) < 4.78 is 0. The van der Waals surface area contributed by atoms with E-state index in [1.807, 2.05) is 42.6 Å². The number of rotatable bonds is 5. The molecule has 1 atom stereocenters. The topological polar surface area (TPSA) is 49.4 Å². The fraction of sp³-hybridized carbons (Fsp3) is 0.294. The maximum atomic E-state index is 12.5. The predicted molar refractivity (Wildman–Crippen MR) is 90.0 cm³/mol. The smallest absolute Gasteiger partial charge is 0.253 e. The van der Waals surface area contributed by atoms with Crippen LogP contribution in [0.15, 0.2) is 41.8 Å². The fourth-order valence-corrected chi connectivity index (χ4v) is 2.86. The maximum Gasteiger partial charge on any atom is 0.253 e. The Morgan fingerprint density at radius 3 is 2.45 bits per heavy atom. The molecule has 0 aliphatic heterocycles. The molecule has 1 N–H and O–H groups in total. The normalized spacial score (nSPS) is 11.8. The Labute approximate surface area is 134 Å². The molecule has 0 spiro atoms. The zero-order valence-corrected chi connectivity index (χ0v) is 13.8. The fourth-order valence-electron chi connectivity index (χ4n) is 2.13. The van der Waals surface area contributed by atoms with Gasteiger partial charge in [-0.25, -0.2) is 0 Å². The molecule has 116 valence electrons. The average molecular weight is 316 g/mol. The number of benzene rings is 1. The van der Waals surface area contributed by atoms with Crippen LogP contribution in [0.1, 0.15) is 23.7 Å². The van der Waals surface area contributed by atoms with Crippen LogP contribution in [0.2, 0.25) is 0 Å². The molecular weight excluding hydrogens is 296 g/mol. The van der Waals surface area contributed by atoms with Crippen molar-refractivity contribution in [2.45, 2.75) is 19.4 Å². The Hall–Kier alpha value is -2.14. The monoisotopic (exact) mass is 316 g/mol. The Morgan fingerprint density at radius 2 is 1.91 bits per heavy atom. The van der Waals surface area contributed by atoms with E-state index in [0.29, 0.717) is 12.0 Å². The third-order valence-corrected chi connectivity index (χ3v) is 4.60. The number of nitrogens with one attached hydrogen (secondary N) is 1. The zero-order valence-electron chi connectivity index (χ0n) is 13.0. The molecule has 2 aromatic rings. The second-order valence-corrected chi connectivity index (χ2v) is 6.14. The van der Waals surface area contributed by atoms with E-state index in [0.717, 1.165) is 5.56 Å². The summed E-state index contributed by atoms with van der Waals surface area (Å²) in [4.78, 5) is 26.7. The lowest BCUT2D eigenvalue weighted by molar-refractivity contribution is -0.121. The minimum atomic E-state index is -0.149. The van der Waals surface area contributed by atoms with E-state index in [1.54, 1.807) is 30.3 Å². The Balaban J connectivity index is 2.07. The van der Waals surface area contributed by atoms with Crippen molar-refractivity contribution in [2.24, 2.45) is 0 Å². The van der Waals surface area contributed by atoms with Gasteiger partial charge in [0.1, 0.15) is 0 Å². The lowest BCUT2D eigenvalue weighted by Gasteiger charge is -2.24. The van der Waals surface area contributed by atoms with Crippen molar-refractivity contribution in [3.63, 3.8) is 0 Å². The van der Waals surface area contributed by atoms with Gasteiger partial charge in [-0.3, -0.25) is 9.59 Å². The van der Waals surface area contributed by atoms with E-state index in [-0.39, 0.29) is 17.9 Å². The number of hydrogen-bond donors (Lipinski definition) is 1. The third kappa shape index (κ3) is 3.74. The van der Waals surface area contributed by atoms with E-state index in [4.69, 9.17) is 0 Å². The van der Waals surface area contributed by atoms with Gasteiger partial charge < -0.3 is 10.2 Å². The SMILES string of the molecule is CNC(=O)C[C@@H](C)N(C)C(=O)c1ccc(-c2cccs2)cc1. The molecular formula is C17H20N2O2S. The molecule has 22 heavy (non-hydrogen) atoms. The molecule has 1 heterocycles. The van der Waals surface area contributed by atoms with Crippen LogP contribution in [0.25, 0.3) is 10.4 Å². The van der Waals surface area contributed by atoms with Crippen LogP contribution < -0.4 is 5.32 Å². The summed E-state index contributed by atoms with van der Waals surface area (Å²) in [5, 5.41) is 4.61. The van der Waals surface area contributed by atoms with Gasteiger partial charge in [0.05, 0.1) is 0 Å². The van der Waals surface area contributed by atoms with Crippen LogP contribution in [0.5, 0.6) is 0 Å². The summed E-state index contributed by atoms with van der Waals surface area (Å²) in [7, 11) is 3.32. The molecule has 0 radical (unpaired) electrons. The van der Waals surface area contributed by atoms with Crippen LogP contribution in [-0.4, -0.2) is 36.9 Å². The summed E-state index contributed by atoms with van der Waals surface area (Å²) >= 11 is 1.67. The Kier molecular flexibility index (Phi) is 5.33. The van der Waals surface area contributed by atoms with Crippen LogP contribution >= 0.6 is 11.3 Å². The summed E-state index contributed by atoms with van der Waals surface area (Å²) in [5.41, 5.74) is 1.74. The number of nitrogens with zero attached hydrogens (tertiary/aromatic N) is 1. The predicted octanol–water partition coefficient (Wildman–Crippen LogP) is 3.01. The van der Waals surface area contributed by atoms with Gasteiger partial charge in [-0.1, -0.05) is 18.2 Å². The van der Waals surface area contributed by atoms with Crippen LogP contribution in [0.4, 0.5) is 0 Å². The second-order valence-electron chi connectivity index (χ2n) is 5.20. The Morgan fingerprint density at radius 1 is 1.23 bits per heavy atom. The largest absolute Gasteiger partial charge is 0.359 e. The number of carbonyl (C=O) groups excluding carboxylic acids is 2. The van der Waals surface area contributed by atoms with Crippen molar-refractivity contribution in [1.82, 2.24) is 10.2 Å². The molecule has 0 fully saturated rings. The van der Waals surface area contributed by atoms with Gasteiger partial charge in [0.2, 0.25) is 5.91 Å². The summed E-state index contributed by atoms with van der Waals surface area (Å²) in [6, 6.07) is 11.5. The second kappa shape index (κ2) is 7.22. The highest BCUT2D eigenvalue weighted by atomic mass is 32.1. The molecule has 0 unspecified atom stereocenters. The van der Waals surface area contributed by atoms with Crippen LogP contribution in [0.3, 0.4) is 0 Å². The van der Waals surface area contributed by atoms with Crippen molar-refractivity contribution < 1.29 is 9.59 Å². The maximum absolute atomic E-state index is 12.5. The lowest BCUT2D eigenvalue weighted by Crippen LogP contribution is -2.38. The summed E-state index contributed by atoms with van der Waals surface area (Å²) in [6.07, 6.45) is 0.298. The van der Waals surface area contributed by atoms with Crippen LogP contribution in [-0.2, 0) is 4.79 Å². The molecule has 0 aliphatic rings. The van der Waals surface area contributed by atoms with Crippen molar-refractivity contribution in [2.75, 3.05) is 14.1 Å². The molecule has 2 amide bonds. The first-order valence-electron chi connectivity index (χ1n) is 7.14. The van der Waals surface area contributed by atoms with E-state index in [1.165, 1.54) is 4.88 Å². The van der Waals surface area contributed by atoms with Crippen molar-refractivity contribution in [1.29, 1.82) is 0 Å². The average Bonchev–Trinajstić information content (AvgIpc) is 3.07. The minimum absolute atomic E-state index is 0.0693. The molecule has 0 saturated carbocycles. The molecule has 0 aliphatic carbocycles. The number of hydrogen-bond acceptors (Lipinski definition) is 3. The molecule has 2 rings (SSSR count). The number of carbonyl (C=O) groups is 2.